The lowest BCUT2D eigenvalue weighted by molar-refractivity contribution is 0.137. The van der Waals surface area contributed by atoms with Crippen LogP contribution in [0.2, 0.25) is 0 Å². The van der Waals surface area contributed by atoms with Gasteiger partial charge >= 0.3 is 0 Å². The molecule has 1 nitrogen and oxygen atoms in total. The summed E-state index contributed by atoms with van der Waals surface area (Å²) in [6.07, 6.45) is 3.24. The van der Waals surface area contributed by atoms with Crippen molar-refractivity contribution in [3.05, 3.63) is 29.1 Å². The third-order valence-electron chi connectivity index (χ3n) is 3.01. The van der Waals surface area contributed by atoms with Gasteiger partial charge in [0.1, 0.15) is 0 Å². The van der Waals surface area contributed by atoms with Crippen LogP contribution < -0.4 is 4.74 Å². The van der Waals surface area contributed by atoms with E-state index in [1.54, 1.807) is 0 Å². The summed E-state index contributed by atoms with van der Waals surface area (Å²) in [4.78, 5) is 0. The molecule has 1 fully saturated rings. The maximum atomic E-state index is 13.3. The van der Waals surface area contributed by atoms with E-state index in [1.807, 2.05) is 0 Å². The van der Waals surface area contributed by atoms with Crippen molar-refractivity contribution in [1.82, 2.24) is 0 Å². The highest BCUT2D eigenvalue weighted by atomic mass is 19.2. The summed E-state index contributed by atoms with van der Waals surface area (Å²) in [5, 5.41) is 0. The third kappa shape index (κ3) is 2.28. The van der Waals surface area contributed by atoms with Crippen LogP contribution in [0.25, 0.3) is 0 Å². The van der Waals surface area contributed by atoms with E-state index in [0.29, 0.717) is 12.8 Å². The zero-order chi connectivity index (χ0) is 13.3. The minimum atomic E-state index is -2.17. The lowest BCUT2D eigenvalue weighted by Crippen LogP contribution is -2.21. The Morgan fingerprint density at radius 3 is 1.61 bits per heavy atom. The van der Waals surface area contributed by atoms with Gasteiger partial charge in [-0.2, -0.15) is 8.78 Å². The molecule has 1 aromatic rings. The molecule has 0 heterocycles. The molecule has 1 saturated carbocycles. The van der Waals surface area contributed by atoms with Crippen LogP contribution in [0.5, 0.6) is 5.75 Å². The van der Waals surface area contributed by atoms with E-state index in [2.05, 4.69) is 0 Å². The molecular weight excluding hydrogens is 255 g/mol. The van der Waals surface area contributed by atoms with Crippen molar-refractivity contribution < 1.29 is 26.7 Å². The third-order valence-corrected chi connectivity index (χ3v) is 3.01. The fourth-order valence-electron chi connectivity index (χ4n) is 2.04. The molecule has 0 atom stereocenters. The summed E-state index contributed by atoms with van der Waals surface area (Å²) in [6.45, 7) is 0. The summed E-state index contributed by atoms with van der Waals surface area (Å²) < 4.78 is 70.2. The Morgan fingerprint density at radius 2 is 1.11 bits per heavy atom. The van der Waals surface area contributed by atoms with Crippen molar-refractivity contribution in [2.75, 3.05) is 0 Å². The fourth-order valence-corrected chi connectivity index (χ4v) is 2.04. The van der Waals surface area contributed by atoms with Gasteiger partial charge in [-0.05, 0) is 25.7 Å². The van der Waals surface area contributed by atoms with Crippen LogP contribution in [-0.2, 0) is 0 Å². The second-order valence-electron chi connectivity index (χ2n) is 4.28. The lowest BCUT2D eigenvalue weighted by atomic mass is 9.98. The average molecular weight is 266 g/mol. The molecule has 0 aromatic heterocycles. The molecule has 1 aromatic carbocycles. The Balaban J connectivity index is 2.32. The molecule has 0 unspecified atom stereocenters. The first-order valence-corrected chi connectivity index (χ1v) is 5.70. The molecule has 18 heavy (non-hydrogen) atoms. The van der Waals surface area contributed by atoms with E-state index in [4.69, 9.17) is 4.74 Å². The summed E-state index contributed by atoms with van der Waals surface area (Å²) in [6, 6.07) is 0. The van der Waals surface area contributed by atoms with E-state index >= 15 is 0 Å². The van der Waals surface area contributed by atoms with Gasteiger partial charge in [-0.3, -0.25) is 0 Å². The second-order valence-corrected chi connectivity index (χ2v) is 4.28. The van der Waals surface area contributed by atoms with Crippen LogP contribution in [0, 0.1) is 29.1 Å². The number of rotatable bonds is 2. The summed E-state index contributed by atoms with van der Waals surface area (Å²) in [5.41, 5.74) is 0. The minimum absolute atomic E-state index is 0.494. The maximum Gasteiger partial charge on any atom is 0.207 e. The molecule has 2 rings (SSSR count). The highest BCUT2D eigenvalue weighted by molar-refractivity contribution is 5.30. The Morgan fingerprint density at radius 1 is 0.667 bits per heavy atom. The van der Waals surface area contributed by atoms with Crippen molar-refractivity contribution in [2.24, 2.45) is 0 Å². The molecular formula is C12H11F5O. The van der Waals surface area contributed by atoms with Crippen LogP contribution in [0.3, 0.4) is 0 Å². The highest BCUT2D eigenvalue weighted by Crippen LogP contribution is 2.32. The molecule has 0 saturated heterocycles. The molecule has 0 spiro atoms. The predicted molar refractivity (Wildman–Crippen MR) is 53.7 cm³/mol. The van der Waals surface area contributed by atoms with Gasteiger partial charge in [-0.25, -0.2) is 13.2 Å². The molecule has 0 radical (unpaired) electrons. The van der Waals surface area contributed by atoms with Gasteiger partial charge < -0.3 is 4.74 Å². The zero-order valence-corrected chi connectivity index (χ0v) is 9.41. The van der Waals surface area contributed by atoms with Crippen molar-refractivity contribution in [3.63, 3.8) is 0 Å². The monoisotopic (exact) mass is 266 g/mol. The predicted octanol–water partition coefficient (Wildman–Crippen LogP) is 4.09. The van der Waals surface area contributed by atoms with Gasteiger partial charge in [0, 0.05) is 0 Å². The molecule has 1 aliphatic rings. The SMILES string of the molecule is Fc1c(F)c(F)c(OC2CCCCC2)c(F)c1F. The zero-order valence-electron chi connectivity index (χ0n) is 9.41. The average Bonchev–Trinajstić information content (AvgIpc) is 2.40. The summed E-state index contributed by atoms with van der Waals surface area (Å²) >= 11 is 0. The van der Waals surface area contributed by atoms with Crippen LogP contribution in [0.1, 0.15) is 32.1 Å². The minimum Gasteiger partial charge on any atom is -0.484 e. The van der Waals surface area contributed by atoms with Crippen LogP contribution >= 0.6 is 0 Å². The van der Waals surface area contributed by atoms with Gasteiger partial charge in [-0.15, -0.1) is 0 Å². The largest absolute Gasteiger partial charge is 0.484 e. The Bertz CT molecular complexity index is 425. The summed E-state index contributed by atoms with van der Waals surface area (Å²) in [5.74, 6) is -11.1. The molecule has 0 N–H and O–H groups in total. The fraction of sp³-hybridized carbons (Fsp3) is 0.500. The Hall–Kier alpha value is -1.33. The number of hydrogen-bond donors (Lipinski definition) is 0. The van der Waals surface area contributed by atoms with E-state index < -0.39 is 40.9 Å². The van der Waals surface area contributed by atoms with Crippen LogP contribution in [0.4, 0.5) is 22.0 Å². The van der Waals surface area contributed by atoms with E-state index in [0.717, 1.165) is 19.3 Å². The maximum absolute atomic E-state index is 13.3. The van der Waals surface area contributed by atoms with Crippen LogP contribution in [0.15, 0.2) is 0 Å². The quantitative estimate of drug-likeness (QED) is 0.445. The Labute approximate surface area is 101 Å². The summed E-state index contributed by atoms with van der Waals surface area (Å²) in [7, 11) is 0. The number of ether oxygens (including phenoxy) is 1. The first-order valence-electron chi connectivity index (χ1n) is 5.70. The van der Waals surface area contributed by atoms with Crippen molar-refractivity contribution in [3.8, 4) is 5.75 Å². The smallest absolute Gasteiger partial charge is 0.207 e. The van der Waals surface area contributed by atoms with Crippen molar-refractivity contribution >= 4 is 0 Å². The number of halogens is 5. The van der Waals surface area contributed by atoms with Crippen molar-refractivity contribution in [1.29, 1.82) is 0 Å². The molecule has 0 bridgehead atoms. The molecule has 6 heteroatoms. The van der Waals surface area contributed by atoms with E-state index in [-0.39, 0.29) is 0 Å². The highest BCUT2D eigenvalue weighted by Gasteiger charge is 2.29. The van der Waals surface area contributed by atoms with Crippen LogP contribution in [-0.4, -0.2) is 6.10 Å². The van der Waals surface area contributed by atoms with Gasteiger partial charge in [0.2, 0.25) is 29.1 Å². The molecule has 100 valence electrons. The lowest BCUT2D eigenvalue weighted by Gasteiger charge is -2.23. The standard InChI is InChI=1S/C12H11F5O/c13-7-8(14)10(16)12(11(17)9(7)15)18-6-4-2-1-3-5-6/h6H,1-5H2. The topological polar surface area (TPSA) is 9.23 Å². The Kier molecular flexibility index (Phi) is 3.73. The van der Waals surface area contributed by atoms with E-state index in [1.165, 1.54) is 0 Å². The first-order chi connectivity index (χ1) is 8.52. The number of benzene rings is 1. The number of hydrogen-bond acceptors (Lipinski definition) is 1. The normalized spacial score (nSPS) is 16.9. The van der Waals surface area contributed by atoms with Crippen molar-refractivity contribution in [2.45, 2.75) is 38.2 Å². The van der Waals surface area contributed by atoms with Gasteiger partial charge in [0.05, 0.1) is 6.10 Å². The molecule has 1 aliphatic carbocycles. The van der Waals surface area contributed by atoms with Gasteiger partial charge in [0.15, 0.2) is 5.75 Å². The first kappa shape index (κ1) is 13.1. The second kappa shape index (κ2) is 5.12. The molecule has 0 amide bonds. The van der Waals surface area contributed by atoms with E-state index in [9.17, 15) is 22.0 Å². The van der Waals surface area contributed by atoms with Gasteiger partial charge in [0.25, 0.3) is 0 Å². The molecule has 0 aliphatic heterocycles. The van der Waals surface area contributed by atoms with Gasteiger partial charge in [-0.1, -0.05) is 6.42 Å².